The number of hydrogen-bond acceptors (Lipinski definition) is 3. The molecule has 1 N–H and O–H groups in total. The van der Waals surface area contributed by atoms with Crippen LogP contribution in [-0.2, 0) is 4.74 Å². The summed E-state index contributed by atoms with van der Waals surface area (Å²) in [4.78, 5) is 7.66. The molecule has 3 nitrogen and oxygen atoms in total. The van der Waals surface area contributed by atoms with Crippen molar-refractivity contribution in [2.45, 2.75) is 39.7 Å². The van der Waals surface area contributed by atoms with Gasteiger partial charge in [-0.25, -0.2) is 4.98 Å². The van der Waals surface area contributed by atoms with Crippen molar-refractivity contribution in [1.82, 2.24) is 9.97 Å². The quantitative estimate of drug-likeness (QED) is 0.817. The van der Waals surface area contributed by atoms with E-state index in [2.05, 4.69) is 37.7 Å². The molecule has 0 saturated heterocycles. The number of ether oxygens (including phenoxy) is 1. The maximum absolute atomic E-state index is 5.45. The number of nitrogens with one attached hydrogen (secondary N) is 1. The summed E-state index contributed by atoms with van der Waals surface area (Å²) in [5, 5.41) is 0. The van der Waals surface area contributed by atoms with Crippen molar-refractivity contribution in [3.63, 3.8) is 0 Å². The standard InChI is InChI=1S/C12H20N2OS/c1-7(2)9-6-10(16)14-12(13-9)11(15-5)8(3)4/h6-8,11H,1-5H3,(H,13,14,16). The number of hydrogen-bond donors (Lipinski definition) is 1. The third-order valence-electron chi connectivity index (χ3n) is 2.53. The van der Waals surface area contributed by atoms with E-state index in [0.29, 0.717) is 16.5 Å². The Bertz CT molecular complexity index is 398. The van der Waals surface area contributed by atoms with E-state index in [9.17, 15) is 0 Å². The van der Waals surface area contributed by atoms with E-state index in [1.807, 2.05) is 6.07 Å². The van der Waals surface area contributed by atoms with Crippen LogP contribution in [0.4, 0.5) is 0 Å². The summed E-state index contributed by atoms with van der Waals surface area (Å²) in [5.74, 6) is 1.60. The molecule has 1 aromatic heterocycles. The van der Waals surface area contributed by atoms with Gasteiger partial charge >= 0.3 is 0 Å². The molecule has 0 saturated carbocycles. The molecule has 0 fully saturated rings. The Hall–Kier alpha value is -0.740. The highest BCUT2D eigenvalue weighted by Crippen LogP contribution is 2.23. The van der Waals surface area contributed by atoms with Crippen molar-refractivity contribution >= 4 is 12.2 Å². The number of methoxy groups -OCH3 is 1. The van der Waals surface area contributed by atoms with Crippen LogP contribution in [0.3, 0.4) is 0 Å². The van der Waals surface area contributed by atoms with Gasteiger partial charge in [0, 0.05) is 12.8 Å². The van der Waals surface area contributed by atoms with Crippen molar-refractivity contribution in [1.29, 1.82) is 0 Å². The number of aromatic amines is 1. The van der Waals surface area contributed by atoms with Gasteiger partial charge in [-0.2, -0.15) is 0 Å². The first-order valence-corrected chi connectivity index (χ1v) is 6.00. The lowest BCUT2D eigenvalue weighted by Crippen LogP contribution is -2.14. The Morgan fingerprint density at radius 1 is 1.31 bits per heavy atom. The molecule has 1 unspecified atom stereocenters. The van der Waals surface area contributed by atoms with Crippen molar-refractivity contribution in [2.75, 3.05) is 7.11 Å². The minimum absolute atomic E-state index is 0.0274. The van der Waals surface area contributed by atoms with E-state index >= 15 is 0 Å². The molecule has 1 atom stereocenters. The highest BCUT2D eigenvalue weighted by Gasteiger charge is 2.18. The average Bonchev–Trinajstić information content (AvgIpc) is 2.17. The van der Waals surface area contributed by atoms with Crippen molar-refractivity contribution in [2.24, 2.45) is 5.92 Å². The number of aromatic nitrogens is 2. The van der Waals surface area contributed by atoms with Crippen molar-refractivity contribution in [3.8, 4) is 0 Å². The Kier molecular flexibility index (Phi) is 4.62. The topological polar surface area (TPSA) is 37.9 Å². The second-order valence-corrected chi connectivity index (χ2v) is 5.03. The molecular weight excluding hydrogens is 220 g/mol. The van der Waals surface area contributed by atoms with Gasteiger partial charge in [-0.1, -0.05) is 39.9 Å². The summed E-state index contributed by atoms with van der Waals surface area (Å²) < 4.78 is 6.07. The molecule has 4 heteroatoms. The highest BCUT2D eigenvalue weighted by molar-refractivity contribution is 7.71. The summed E-state index contributed by atoms with van der Waals surface area (Å²) in [6.45, 7) is 8.46. The summed E-state index contributed by atoms with van der Waals surface area (Å²) in [5.41, 5.74) is 1.11. The third kappa shape index (κ3) is 3.12. The Morgan fingerprint density at radius 2 is 1.94 bits per heavy atom. The van der Waals surface area contributed by atoms with E-state index in [-0.39, 0.29) is 6.10 Å². The van der Waals surface area contributed by atoms with E-state index in [1.54, 1.807) is 7.11 Å². The summed E-state index contributed by atoms with van der Waals surface area (Å²) in [6.07, 6.45) is -0.0274. The van der Waals surface area contributed by atoms with Gasteiger partial charge in [0.05, 0.1) is 0 Å². The van der Waals surface area contributed by atoms with Crippen LogP contribution in [0.5, 0.6) is 0 Å². The van der Waals surface area contributed by atoms with Crippen LogP contribution < -0.4 is 0 Å². The fourth-order valence-corrected chi connectivity index (χ4v) is 1.87. The van der Waals surface area contributed by atoms with Gasteiger partial charge in [0.1, 0.15) is 16.6 Å². The molecule has 0 amide bonds. The molecule has 90 valence electrons. The van der Waals surface area contributed by atoms with Gasteiger partial charge < -0.3 is 9.72 Å². The fraction of sp³-hybridized carbons (Fsp3) is 0.667. The predicted molar refractivity (Wildman–Crippen MR) is 68.1 cm³/mol. The molecule has 0 aromatic carbocycles. The van der Waals surface area contributed by atoms with E-state index in [4.69, 9.17) is 17.0 Å². The summed E-state index contributed by atoms with van der Waals surface area (Å²) >= 11 is 5.17. The van der Waals surface area contributed by atoms with Crippen LogP contribution in [0.25, 0.3) is 0 Å². The predicted octanol–water partition coefficient (Wildman–Crippen LogP) is 3.61. The zero-order chi connectivity index (χ0) is 12.3. The molecule has 1 rings (SSSR count). The van der Waals surface area contributed by atoms with Crippen molar-refractivity contribution < 1.29 is 4.74 Å². The first-order chi connectivity index (χ1) is 7.45. The molecule has 0 spiro atoms. The first-order valence-electron chi connectivity index (χ1n) is 5.59. The summed E-state index contributed by atoms with van der Waals surface area (Å²) in [7, 11) is 1.70. The largest absolute Gasteiger partial charge is 0.373 e. The third-order valence-corrected chi connectivity index (χ3v) is 2.74. The molecule has 16 heavy (non-hydrogen) atoms. The van der Waals surface area contributed by atoms with Crippen LogP contribution in [0.1, 0.15) is 51.2 Å². The SMILES string of the molecule is COC(c1nc(=S)cc(C(C)C)[nH]1)C(C)C. The van der Waals surface area contributed by atoms with E-state index in [1.165, 1.54) is 0 Å². The lowest BCUT2D eigenvalue weighted by Gasteiger charge is -2.19. The molecule has 0 aliphatic rings. The molecule has 1 heterocycles. The molecule has 0 aliphatic heterocycles. The molecule has 0 radical (unpaired) electrons. The smallest absolute Gasteiger partial charge is 0.137 e. The highest BCUT2D eigenvalue weighted by atomic mass is 32.1. The van der Waals surface area contributed by atoms with Gasteiger partial charge in [-0.05, 0) is 17.9 Å². The van der Waals surface area contributed by atoms with Crippen LogP contribution in [0.2, 0.25) is 0 Å². The van der Waals surface area contributed by atoms with Crippen LogP contribution in [0, 0.1) is 10.6 Å². The number of rotatable bonds is 4. The minimum Gasteiger partial charge on any atom is -0.373 e. The zero-order valence-corrected chi connectivity index (χ0v) is 11.4. The van der Waals surface area contributed by atoms with Gasteiger partial charge in [-0.3, -0.25) is 0 Å². The lowest BCUT2D eigenvalue weighted by atomic mass is 10.1. The zero-order valence-electron chi connectivity index (χ0n) is 10.6. The van der Waals surface area contributed by atoms with Gasteiger partial charge in [0.2, 0.25) is 0 Å². The second-order valence-electron chi connectivity index (χ2n) is 4.61. The molecular formula is C12H20N2OS. The monoisotopic (exact) mass is 240 g/mol. The number of H-pyrrole nitrogens is 1. The Morgan fingerprint density at radius 3 is 2.38 bits per heavy atom. The molecule has 0 bridgehead atoms. The minimum atomic E-state index is -0.0274. The fourth-order valence-electron chi connectivity index (χ4n) is 1.64. The van der Waals surface area contributed by atoms with E-state index in [0.717, 1.165) is 11.5 Å². The van der Waals surface area contributed by atoms with Gasteiger partial charge in [0.25, 0.3) is 0 Å². The van der Waals surface area contributed by atoms with Crippen LogP contribution in [-0.4, -0.2) is 17.1 Å². The second kappa shape index (κ2) is 5.55. The van der Waals surface area contributed by atoms with Gasteiger partial charge in [-0.15, -0.1) is 0 Å². The molecule has 1 aromatic rings. The van der Waals surface area contributed by atoms with Crippen molar-refractivity contribution in [3.05, 3.63) is 22.2 Å². The Balaban J connectivity index is 3.18. The first kappa shape index (κ1) is 13.3. The average molecular weight is 240 g/mol. The summed E-state index contributed by atoms with van der Waals surface area (Å²) in [6, 6.07) is 1.91. The van der Waals surface area contributed by atoms with Gasteiger partial charge in [0.15, 0.2) is 0 Å². The maximum atomic E-state index is 5.45. The lowest BCUT2D eigenvalue weighted by molar-refractivity contribution is 0.0571. The van der Waals surface area contributed by atoms with E-state index < -0.39 is 0 Å². The Labute approximate surface area is 102 Å². The number of nitrogens with zero attached hydrogens (tertiary/aromatic N) is 1. The van der Waals surface area contributed by atoms with Crippen LogP contribution >= 0.6 is 12.2 Å². The normalized spacial score (nSPS) is 13.4. The molecule has 0 aliphatic carbocycles. The maximum Gasteiger partial charge on any atom is 0.137 e. The van der Waals surface area contributed by atoms with Crippen LogP contribution in [0.15, 0.2) is 6.07 Å².